The van der Waals surface area contributed by atoms with E-state index in [0.29, 0.717) is 17.0 Å². The minimum absolute atomic E-state index is 0.0716. The summed E-state index contributed by atoms with van der Waals surface area (Å²) in [6.45, 7) is 4.78. The van der Waals surface area contributed by atoms with Crippen molar-refractivity contribution in [1.29, 1.82) is 0 Å². The quantitative estimate of drug-likeness (QED) is 0.706. The Morgan fingerprint density at radius 2 is 2.06 bits per heavy atom. The first-order chi connectivity index (χ1) is 8.05. The van der Waals surface area contributed by atoms with Crippen LogP contribution in [0.5, 0.6) is 0 Å². The number of Topliss-reactive ketones (excluding diaryl/α,β-unsaturated/α-hetero) is 1. The van der Waals surface area contributed by atoms with Gasteiger partial charge >= 0.3 is 0 Å². The van der Waals surface area contributed by atoms with Crippen LogP contribution in [-0.4, -0.2) is 16.3 Å². The third-order valence-electron chi connectivity index (χ3n) is 6.66. The molecule has 94 valence electrons. The van der Waals surface area contributed by atoms with E-state index >= 15 is 0 Å². The van der Waals surface area contributed by atoms with Gasteiger partial charge in [0.05, 0.1) is 0 Å². The molecular weight excluding hydrogens is 228 g/mol. The van der Waals surface area contributed by atoms with Gasteiger partial charge in [0.15, 0.2) is 0 Å². The predicted octanol–water partition coefficient (Wildman–Crippen LogP) is 3.67. The Kier molecular flexibility index (Phi) is 2.00. The van der Waals surface area contributed by atoms with Crippen molar-refractivity contribution >= 4 is 17.5 Å². The van der Waals surface area contributed by atoms with Gasteiger partial charge < -0.3 is 0 Å². The molecule has 0 spiro atoms. The van der Waals surface area contributed by atoms with Crippen molar-refractivity contribution in [3.63, 3.8) is 0 Å². The van der Waals surface area contributed by atoms with Crippen LogP contribution in [0.3, 0.4) is 0 Å². The molecule has 0 aromatic heterocycles. The summed E-state index contributed by atoms with van der Waals surface area (Å²) in [5.74, 6) is 2.18. The zero-order valence-electron chi connectivity index (χ0n) is 10.9. The van der Waals surface area contributed by atoms with E-state index < -0.39 is 0 Å². The summed E-state index contributed by atoms with van der Waals surface area (Å²) in [6, 6.07) is 0. The zero-order chi connectivity index (χ0) is 11.8. The zero-order valence-corrected chi connectivity index (χ0v) is 11.7. The van der Waals surface area contributed by atoms with Gasteiger partial charge in [0.25, 0.3) is 0 Å². The standard InChI is InChI=1S/C15H22OS/c1-14(2)10-5-6-15(14,12(16)8-10)13-9-3-4-11(7-9)17-13/h9-11,13H,3-8H2,1-2H3/t9-,10-,11+,13+,15+/m0/s1. The van der Waals surface area contributed by atoms with Crippen LogP contribution in [0.25, 0.3) is 0 Å². The summed E-state index contributed by atoms with van der Waals surface area (Å²) in [7, 11) is 0. The molecule has 17 heavy (non-hydrogen) atoms. The maximum Gasteiger partial charge on any atom is 0.140 e. The number of thioether (sulfide) groups is 1. The molecule has 0 unspecified atom stereocenters. The lowest BCUT2D eigenvalue weighted by atomic mass is 9.64. The van der Waals surface area contributed by atoms with Crippen LogP contribution in [0.2, 0.25) is 0 Å². The van der Waals surface area contributed by atoms with Gasteiger partial charge in [0.1, 0.15) is 5.78 Å². The molecule has 3 saturated carbocycles. The van der Waals surface area contributed by atoms with Gasteiger partial charge in [0, 0.05) is 22.3 Å². The van der Waals surface area contributed by atoms with E-state index in [1.54, 1.807) is 0 Å². The lowest BCUT2D eigenvalue weighted by Crippen LogP contribution is -2.47. The first-order valence-electron chi connectivity index (χ1n) is 7.24. The smallest absolute Gasteiger partial charge is 0.140 e. The van der Waals surface area contributed by atoms with Gasteiger partial charge in [0.2, 0.25) is 0 Å². The summed E-state index contributed by atoms with van der Waals surface area (Å²) >= 11 is 2.19. The molecule has 4 aliphatic rings. The number of fused-ring (bicyclic) bond motifs is 4. The molecule has 0 radical (unpaired) electrons. The molecule has 1 aliphatic heterocycles. The molecule has 4 bridgehead atoms. The van der Waals surface area contributed by atoms with E-state index in [1.807, 2.05) is 0 Å². The second-order valence-corrected chi connectivity index (χ2v) is 8.75. The van der Waals surface area contributed by atoms with E-state index in [4.69, 9.17) is 0 Å². The minimum Gasteiger partial charge on any atom is -0.299 e. The Labute approximate surface area is 108 Å². The van der Waals surface area contributed by atoms with Gasteiger partial charge in [-0.25, -0.2) is 0 Å². The number of ketones is 1. The number of rotatable bonds is 1. The second kappa shape index (κ2) is 3.12. The molecule has 0 amide bonds. The molecule has 1 heterocycles. The lowest BCUT2D eigenvalue weighted by Gasteiger charge is -2.44. The fourth-order valence-corrected chi connectivity index (χ4v) is 7.89. The highest BCUT2D eigenvalue weighted by Gasteiger charge is 2.69. The SMILES string of the molecule is CC1(C)[C@H]2CC[C@]1([C@@H]1S[C@@H]3CC[C@H]1C3)C(=O)C2. The summed E-state index contributed by atoms with van der Waals surface area (Å²) in [4.78, 5) is 12.6. The molecule has 3 aliphatic carbocycles. The van der Waals surface area contributed by atoms with Gasteiger partial charge in [-0.3, -0.25) is 4.79 Å². The highest BCUT2D eigenvalue weighted by Crippen LogP contribution is 2.71. The number of carbonyl (C=O) groups excluding carboxylic acids is 1. The van der Waals surface area contributed by atoms with Crippen molar-refractivity contribution in [3.8, 4) is 0 Å². The Morgan fingerprint density at radius 1 is 1.24 bits per heavy atom. The maximum absolute atomic E-state index is 12.6. The van der Waals surface area contributed by atoms with Gasteiger partial charge in [-0.05, 0) is 49.4 Å². The first kappa shape index (κ1) is 10.9. The monoisotopic (exact) mass is 250 g/mol. The molecule has 0 aromatic carbocycles. The number of hydrogen-bond donors (Lipinski definition) is 0. The number of carbonyl (C=O) groups is 1. The average molecular weight is 250 g/mol. The van der Waals surface area contributed by atoms with Crippen LogP contribution in [0.1, 0.15) is 52.4 Å². The van der Waals surface area contributed by atoms with Crippen LogP contribution in [0, 0.1) is 22.7 Å². The third-order valence-corrected chi connectivity index (χ3v) is 8.56. The van der Waals surface area contributed by atoms with Crippen molar-refractivity contribution in [2.24, 2.45) is 22.7 Å². The molecule has 1 nitrogen and oxygen atoms in total. The van der Waals surface area contributed by atoms with Crippen molar-refractivity contribution in [3.05, 3.63) is 0 Å². The molecule has 0 N–H and O–H groups in total. The topological polar surface area (TPSA) is 17.1 Å². The van der Waals surface area contributed by atoms with Crippen LogP contribution < -0.4 is 0 Å². The van der Waals surface area contributed by atoms with Gasteiger partial charge in [-0.15, -0.1) is 0 Å². The van der Waals surface area contributed by atoms with Crippen molar-refractivity contribution in [1.82, 2.24) is 0 Å². The van der Waals surface area contributed by atoms with E-state index in [9.17, 15) is 4.79 Å². The van der Waals surface area contributed by atoms with Crippen molar-refractivity contribution in [2.45, 2.75) is 62.9 Å². The molecule has 5 atom stereocenters. The molecule has 4 fully saturated rings. The summed E-state index contributed by atoms with van der Waals surface area (Å²) in [5.41, 5.74) is 0.356. The van der Waals surface area contributed by atoms with Crippen LogP contribution >= 0.6 is 11.8 Å². The molecule has 1 saturated heterocycles. The van der Waals surface area contributed by atoms with Crippen LogP contribution in [0.15, 0.2) is 0 Å². The Hall–Kier alpha value is 0.0200. The Balaban J connectivity index is 1.78. The van der Waals surface area contributed by atoms with E-state index in [-0.39, 0.29) is 10.8 Å². The second-order valence-electron chi connectivity index (χ2n) is 7.31. The van der Waals surface area contributed by atoms with E-state index in [1.165, 1.54) is 32.1 Å². The largest absolute Gasteiger partial charge is 0.299 e. The van der Waals surface area contributed by atoms with E-state index in [0.717, 1.165) is 17.6 Å². The summed E-state index contributed by atoms with van der Waals surface area (Å²) in [5, 5.41) is 1.57. The maximum atomic E-state index is 12.6. The number of hydrogen-bond acceptors (Lipinski definition) is 2. The highest BCUT2D eigenvalue weighted by atomic mass is 32.2. The van der Waals surface area contributed by atoms with Crippen LogP contribution in [0.4, 0.5) is 0 Å². The molecule has 0 aromatic rings. The van der Waals surface area contributed by atoms with Crippen molar-refractivity contribution < 1.29 is 4.79 Å². The Bertz CT molecular complexity index is 388. The Morgan fingerprint density at radius 3 is 2.53 bits per heavy atom. The molecule has 4 rings (SSSR count). The lowest BCUT2D eigenvalue weighted by molar-refractivity contribution is -0.130. The average Bonchev–Trinajstić information content (AvgIpc) is 2.98. The summed E-state index contributed by atoms with van der Waals surface area (Å²) in [6.07, 6.45) is 7.63. The van der Waals surface area contributed by atoms with E-state index in [2.05, 4.69) is 25.6 Å². The highest BCUT2D eigenvalue weighted by molar-refractivity contribution is 8.00. The van der Waals surface area contributed by atoms with Crippen molar-refractivity contribution in [2.75, 3.05) is 0 Å². The first-order valence-corrected chi connectivity index (χ1v) is 8.19. The molecular formula is C15H22OS. The third kappa shape index (κ3) is 1.08. The minimum atomic E-state index is 0.0716. The fraction of sp³-hybridized carbons (Fsp3) is 0.933. The normalized spacial score (nSPS) is 54.8. The molecule has 2 heteroatoms. The van der Waals surface area contributed by atoms with Crippen LogP contribution in [-0.2, 0) is 4.79 Å². The van der Waals surface area contributed by atoms with Gasteiger partial charge in [-0.2, -0.15) is 11.8 Å². The predicted molar refractivity (Wildman–Crippen MR) is 71.1 cm³/mol. The van der Waals surface area contributed by atoms with Gasteiger partial charge in [-0.1, -0.05) is 13.8 Å². The summed E-state index contributed by atoms with van der Waals surface area (Å²) < 4.78 is 0. The fourth-order valence-electron chi connectivity index (χ4n) is 5.59.